The fourth-order valence-electron chi connectivity index (χ4n) is 1.73. The van der Waals surface area contributed by atoms with Crippen molar-refractivity contribution in [2.24, 2.45) is 5.92 Å². The molecule has 1 aromatic rings. The van der Waals surface area contributed by atoms with Gasteiger partial charge in [-0.25, -0.2) is 4.39 Å². The third-order valence-corrected chi connectivity index (χ3v) is 2.87. The van der Waals surface area contributed by atoms with Gasteiger partial charge in [-0.3, -0.25) is 4.79 Å². The molecule has 20 heavy (non-hydrogen) atoms. The largest absolute Gasteiger partial charge is 0.395 e. The SMILES string of the molecule is CCCC(C)C(=O)Nc1ccc(C#CCCO)cc1F. The quantitative estimate of drug-likeness (QED) is 0.813. The second kappa shape index (κ2) is 8.34. The summed E-state index contributed by atoms with van der Waals surface area (Å²) in [6, 6.07) is 4.44. The van der Waals surface area contributed by atoms with Crippen molar-refractivity contribution in [2.75, 3.05) is 11.9 Å². The van der Waals surface area contributed by atoms with Crippen LogP contribution in [0.5, 0.6) is 0 Å². The highest BCUT2D eigenvalue weighted by Gasteiger charge is 2.13. The summed E-state index contributed by atoms with van der Waals surface area (Å²) in [6.07, 6.45) is 2.04. The number of amides is 1. The van der Waals surface area contributed by atoms with E-state index in [2.05, 4.69) is 17.2 Å². The molecule has 3 nitrogen and oxygen atoms in total. The minimum absolute atomic E-state index is 0.0149. The second-order valence-corrected chi connectivity index (χ2v) is 4.65. The first-order chi connectivity index (χ1) is 9.58. The fraction of sp³-hybridized carbons (Fsp3) is 0.438. The highest BCUT2D eigenvalue weighted by Crippen LogP contribution is 2.17. The van der Waals surface area contributed by atoms with Crippen LogP contribution < -0.4 is 5.32 Å². The van der Waals surface area contributed by atoms with Gasteiger partial charge in [-0.1, -0.05) is 32.1 Å². The molecule has 0 aliphatic heterocycles. The normalized spacial score (nSPS) is 11.4. The zero-order chi connectivity index (χ0) is 15.0. The Morgan fingerprint density at radius 1 is 1.50 bits per heavy atom. The molecule has 1 unspecified atom stereocenters. The molecule has 2 N–H and O–H groups in total. The molecular weight excluding hydrogens is 257 g/mol. The van der Waals surface area contributed by atoms with E-state index in [9.17, 15) is 9.18 Å². The Hall–Kier alpha value is -1.86. The summed E-state index contributed by atoms with van der Waals surface area (Å²) in [6.45, 7) is 3.81. The van der Waals surface area contributed by atoms with E-state index in [0.717, 1.165) is 12.8 Å². The number of carbonyl (C=O) groups is 1. The van der Waals surface area contributed by atoms with E-state index < -0.39 is 5.82 Å². The van der Waals surface area contributed by atoms with Gasteiger partial charge in [-0.05, 0) is 24.6 Å². The first kappa shape index (κ1) is 16.2. The maximum Gasteiger partial charge on any atom is 0.227 e. The van der Waals surface area contributed by atoms with Crippen molar-refractivity contribution in [3.05, 3.63) is 29.6 Å². The zero-order valence-electron chi connectivity index (χ0n) is 11.9. The minimum Gasteiger partial charge on any atom is -0.395 e. The van der Waals surface area contributed by atoms with Crippen LogP contribution in [0.2, 0.25) is 0 Å². The van der Waals surface area contributed by atoms with Crippen molar-refractivity contribution in [3.8, 4) is 11.8 Å². The van der Waals surface area contributed by atoms with Crippen LogP contribution in [-0.2, 0) is 4.79 Å². The molecule has 108 valence electrons. The average molecular weight is 277 g/mol. The molecule has 0 bridgehead atoms. The van der Waals surface area contributed by atoms with Crippen LogP contribution in [0.4, 0.5) is 10.1 Å². The van der Waals surface area contributed by atoms with Gasteiger partial charge >= 0.3 is 0 Å². The third kappa shape index (κ3) is 5.02. The Balaban J connectivity index is 2.74. The van der Waals surface area contributed by atoms with Crippen LogP contribution in [0.25, 0.3) is 0 Å². The standard InChI is InChI=1S/C16H20FNO2/c1-3-6-12(2)16(20)18-15-9-8-13(11-14(15)17)7-4-5-10-19/h8-9,11-12,19H,3,5-6,10H2,1-2H3,(H,18,20). The Bertz CT molecular complexity index is 517. The van der Waals surface area contributed by atoms with Gasteiger partial charge in [0.05, 0.1) is 12.3 Å². The summed E-state index contributed by atoms with van der Waals surface area (Å²) in [7, 11) is 0. The van der Waals surface area contributed by atoms with Crippen molar-refractivity contribution < 1.29 is 14.3 Å². The van der Waals surface area contributed by atoms with E-state index in [1.54, 1.807) is 6.07 Å². The predicted octanol–water partition coefficient (Wildman–Crippen LogP) is 2.93. The molecule has 0 radical (unpaired) electrons. The van der Waals surface area contributed by atoms with Gasteiger partial charge in [0.1, 0.15) is 5.82 Å². The molecule has 1 rings (SSSR count). The van der Waals surface area contributed by atoms with Gasteiger partial charge in [-0.15, -0.1) is 0 Å². The van der Waals surface area contributed by atoms with E-state index in [-0.39, 0.29) is 24.1 Å². The molecule has 0 saturated heterocycles. The predicted molar refractivity (Wildman–Crippen MR) is 77.7 cm³/mol. The molecule has 0 heterocycles. The smallest absolute Gasteiger partial charge is 0.227 e. The number of aliphatic hydroxyl groups excluding tert-OH is 1. The summed E-state index contributed by atoms with van der Waals surface area (Å²) in [4.78, 5) is 11.8. The van der Waals surface area contributed by atoms with Gasteiger partial charge in [0.15, 0.2) is 0 Å². The van der Waals surface area contributed by atoms with Crippen molar-refractivity contribution in [2.45, 2.75) is 33.1 Å². The number of anilines is 1. The summed E-state index contributed by atoms with van der Waals surface area (Å²) < 4.78 is 13.8. The summed E-state index contributed by atoms with van der Waals surface area (Å²) in [5.41, 5.74) is 0.696. The molecular formula is C16H20FNO2. The molecule has 1 atom stereocenters. The second-order valence-electron chi connectivity index (χ2n) is 4.65. The van der Waals surface area contributed by atoms with E-state index >= 15 is 0 Å². The summed E-state index contributed by atoms with van der Waals surface area (Å²) in [5, 5.41) is 11.2. The van der Waals surface area contributed by atoms with Crippen molar-refractivity contribution in [1.29, 1.82) is 0 Å². The molecule has 0 aliphatic carbocycles. The van der Waals surface area contributed by atoms with Crippen LogP contribution in [0.15, 0.2) is 18.2 Å². The van der Waals surface area contributed by atoms with Crippen molar-refractivity contribution in [1.82, 2.24) is 0 Å². The van der Waals surface area contributed by atoms with Crippen LogP contribution >= 0.6 is 0 Å². The van der Waals surface area contributed by atoms with Crippen LogP contribution in [-0.4, -0.2) is 17.6 Å². The molecule has 1 amide bonds. The van der Waals surface area contributed by atoms with E-state index in [1.165, 1.54) is 12.1 Å². The average Bonchev–Trinajstić information content (AvgIpc) is 2.42. The maximum absolute atomic E-state index is 13.8. The Morgan fingerprint density at radius 3 is 2.85 bits per heavy atom. The highest BCUT2D eigenvalue weighted by molar-refractivity contribution is 5.92. The molecule has 0 aromatic heterocycles. The summed E-state index contributed by atoms with van der Waals surface area (Å²) in [5.74, 6) is 4.65. The van der Waals surface area contributed by atoms with E-state index in [4.69, 9.17) is 5.11 Å². The molecule has 4 heteroatoms. The number of benzene rings is 1. The van der Waals surface area contributed by atoms with Crippen molar-refractivity contribution >= 4 is 11.6 Å². The number of rotatable bonds is 5. The van der Waals surface area contributed by atoms with Gasteiger partial charge in [0.25, 0.3) is 0 Å². The molecule has 0 aliphatic rings. The summed E-state index contributed by atoms with van der Waals surface area (Å²) >= 11 is 0. The first-order valence-electron chi connectivity index (χ1n) is 6.78. The minimum atomic E-state index is -0.502. The lowest BCUT2D eigenvalue weighted by atomic mass is 10.1. The highest BCUT2D eigenvalue weighted by atomic mass is 19.1. The van der Waals surface area contributed by atoms with Gasteiger partial charge in [0.2, 0.25) is 5.91 Å². The zero-order valence-corrected chi connectivity index (χ0v) is 11.9. The van der Waals surface area contributed by atoms with E-state index in [1.807, 2.05) is 13.8 Å². The molecule has 0 saturated carbocycles. The topological polar surface area (TPSA) is 49.3 Å². The van der Waals surface area contributed by atoms with Gasteiger partial charge in [-0.2, -0.15) is 0 Å². The van der Waals surface area contributed by atoms with Crippen LogP contribution in [0, 0.1) is 23.6 Å². The lowest BCUT2D eigenvalue weighted by molar-refractivity contribution is -0.119. The number of hydrogen-bond acceptors (Lipinski definition) is 2. The fourth-order valence-corrected chi connectivity index (χ4v) is 1.73. The number of halogens is 1. The molecule has 1 aromatic carbocycles. The lowest BCUT2D eigenvalue weighted by Gasteiger charge is -2.11. The number of carbonyl (C=O) groups excluding carboxylic acids is 1. The lowest BCUT2D eigenvalue weighted by Crippen LogP contribution is -2.20. The third-order valence-electron chi connectivity index (χ3n) is 2.87. The maximum atomic E-state index is 13.8. The van der Waals surface area contributed by atoms with E-state index in [0.29, 0.717) is 12.0 Å². The first-order valence-corrected chi connectivity index (χ1v) is 6.78. The molecule has 0 fully saturated rings. The number of nitrogens with one attached hydrogen (secondary N) is 1. The van der Waals surface area contributed by atoms with Gasteiger partial charge in [0, 0.05) is 17.9 Å². The Morgan fingerprint density at radius 2 is 2.25 bits per heavy atom. The van der Waals surface area contributed by atoms with Crippen molar-refractivity contribution in [3.63, 3.8) is 0 Å². The monoisotopic (exact) mass is 277 g/mol. The Kier molecular flexibility index (Phi) is 6.75. The van der Waals surface area contributed by atoms with Gasteiger partial charge < -0.3 is 10.4 Å². The number of aliphatic hydroxyl groups is 1. The van der Waals surface area contributed by atoms with Crippen LogP contribution in [0.1, 0.15) is 38.7 Å². The Labute approximate surface area is 119 Å². The molecule has 0 spiro atoms. The number of hydrogen-bond donors (Lipinski definition) is 2. The van der Waals surface area contributed by atoms with Crippen LogP contribution in [0.3, 0.4) is 0 Å².